The summed E-state index contributed by atoms with van der Waals surface area (Å²) >= 11 is 0. The standard InChI is InChI=1S/C13H21N3O2/c1-15-9-11(8-14-15)5-7-16-6-3-4-12(10-16)13(17)18-2/h8-9,12H,3-7,10H2,1-2H3/t12-/m0/s1. The lowest BCUT2D eigenvalue weighted by Crippen LogP contribution is -2.40. The first-order valence-corrected chi connectivity index (χ1v) is 6.46. The maximum atomic E-state index is 11.5. The molecule has 2 heterocycles. The first-order valence-electron chi connectivity index (χ1n) is 6.46. The molecule has 1 aromatic heterocycles. The summed E-state index contributed by atoms with van der Waals surface area (Å²) in [5.41, 5.74) is 1.25. The summed E-state index contributed by atoms with van der Waals surface area (Å²) in [6, 6.07) is 0. The smallest absolute Gasteiger partial charge is 0.309 e. The minimum atomic E-state index is -0.0684. The number of nitrogens with zero attached hydrogens (tertiary/aromatic N) is 3. The summed E-state index contributed by atoms with van der Waals surface area (Å²) in [5, 5.41) is 4.16. The number of piperidine rings is 1. The maximum Gasteiger partial charge on any atom is 0.309 e. The van der Waals surface area contributed by atoms with Gasteiger partial charge in [0.2, 0.25) is 0 Å². The van der Waals surface area contributed by atoms with Crippen LogP contribution in [0.25, 0.3) is 0 Å². The average molecular weight is 251 g/mol. The molecule has 1 aliphatic heterocycles. The van der Waals surface area contributed by atoms with Gasteiger partial charge in [0.1, 0.15) is 0 Å². The number of methoxy groups -OCH3 is 1. The molecule has 0 unspecified atom stereocenters. The number of aryl methyl sites for hydroxylation is 1. The SMILES string of the molecule is COC(=O)[C@H]1CCCN(CCc2cnn(C)c2)C1. The van der Waals surface area contributed by atoms with Crippen molar-refractivity contribution in [2.75, 3.05) is 26.7 Å². The van der Waals surface area contributed by atoms with E-state index in [9.17, 15) is 4.79 Å². The molecule has 1 aromatic rings. The Balaban J connectivity index is 1.80. The Kier molecular flexibility index (Phi) is 4.36. The van der Waals surface area contributed by atoms with Crippen LogP contribution in [-0.4, -0.2) is 47.4 Å². The molecule has 0 N–H and O–H groups in total. The van der Waals surface area contributed by atoms with Gasteiger partial charge in [0, 0.05) is 26.3 Å². The van der Waals surface area contributed by atoms with Crippen LogP contribution in [-0.2, 0) is 23.0 Å². The van der Waals surface area contributed by atoms with Gasteiger partial charge in [-0.25, -0.2) is 0 Å². The van der Waals surface area contributed by atoms with Gasteiger partial charge < -0.3 is 9.64 Å². The van der Waals surface area contributed by atoms with Crippen molar-refractivity contribution >= 4 is 5.97 Å². The van der Waals surface area contributed by atoms with Crippen LogP contribution in [0.4, 0.5) is 0 Å². The molecule has 18 heavy (non-hydrogen) atoms. The van der Waals surface area contributed by atoms with Gasteiger partial charge in [0.05, 0.1) is 19.2 Å². The molecule has 2 rings (SSSR count). The van der Waals surface area contributed by atoms with E-state index >= 15 is 0 Å². The zero-order valence-electron chi connectivity index (χ0n) is 11.1. The molecule has 0 aliphatic carbocycles. The fourth-order valence-corrected chi connectivity index (χ4v) is 2.51. The van der Waals surface area contributed by atoms with E-state index in [2.05, 4.69) is 10.00 Å². The Morgan fingerprint density at radius 3 is 3.11 bits per heavy atom. The van der Waals surface area contributed by atoms with Gasteiger partial charge in [-0.1, -0.05) is 0 Å². The minimum Gasteiger partial charge on any atom is -0.469 e. The predicted octanol–water partition coefficient (Wildman–Crippen LogP) is 0.848. The largest absolute Gasteiger partial charge is 0.469 e. The summed E-state index contributed by atoms with van der Waals surface area (Å²) in [4.78, 5) is 13.9. The van der Waals surface area contributed by atoms with E-state index in [4.69, 9.17) is 4.74 Å². The van der Waals surface area contributed by atoms with Gasteiger partial charge in [-0.15, -0.1) is 0 Å². The molecule has 0 spiro atoms. The van der Waals surface area contributed by atoms with Crippen molar-refractivity contribution in [3.05, 3.63) is 18.0 Å². The van der Waals surface area contributed by atoms with Gasteiger partial charge in [0.25, 0.3) is 0 Å². The zero-order valence-corrected chi connectivity index (χ0v) is 11.1. The van der Waals surface area contributed by atoms with Crippen LogP contribution >= 0.6 is 0 Å². The summed E-state index contributed by atoms with van der Waals surface area (Å²) in [6.45, 7) is 2.89. The van der Waals surface area contributed by atoms with Gasteiger partial charge in [0.15, 0.2) is 0 Å². The normalized spacial score (nSPS) is 20.9. The molecular formula is C13H21N3O2. The molecule has 1 saturated heterocycles. The third kappa shape index (κ3) is 3.32. The summed E-state index contributed by atoms with van der Waals surface area (Å²) in [7, 11) is 3.40. The minimum absolute atomic E-state index is 0.0534. The van der Waals surface area contributed by atoms with E-state index in [0.29, 0.717) is 0 Å². The topological polar surface area (TPSA) is 47.4 Å². The second kappa shape index (κ2) is 6.00. The number of rotatable bonds is 4. The van der Waals surface area contributed by atoms with Gasteiger partial charge in [-0.05, 0) is 31.4 Å². The van der Waals surface area contributed by atoms with Crippen molar-refractivity contribution in [2.45, 2.75) is 19.3 Å². The molecule has 0 aromatic carbocycles. The molecule has 100 valence electrons. The Bertz CT molecular complexity index is 403. The third-order valence-electron chi connectivity index (χ3n) is 3.52. The molecular weight excluding hydrogens is 230 g/mol. The molecule has 1 fully saturated rings. The number of likely N-dealkylation sites (tertiary alicyclic amines) is 1. The first-order chi connectivity index (χ1) is 8.69. The fraction of sp³-hybridized carbons (Fsp3) is 0.692. The Morgan fingerprint density at radius 2 is 2.44 bits per heavy atom. The van der Waals surface area contributed by atoms with Crippen molar-refractivity contribution in [1.82, 2.24) is 14.7 Å². The van der Waals surface area contributed by atoms with E-state index in [1.165, 1.54) is 12.7 Å². The molecule has 0 radical (unpaired) electrons. The summed E-state index contributed by atoms with van der Waals surface area (Å²) in [6.07, 6.45) is 6.97. The highest BCUT2D eigenvalue weighted by Gasteiger charge is 2.25. The van der Waals surface area contributed by atoms with E-state index in [0.717, 1.165) is 38.9 Å². The van der Waals surface area contributed by atoms with Gasteiger partial charge in [-0.2, -0.15) is 5.10 Å². The van der Waals surface area contributed by atoms with E-state index in [-0.39, 0.29) is 11.9 Å². The highest BCUT2D eigenvalue weighted by molar-refractivity contribution is 5.72. The van der Waals surface area contributed by atoms with E-state index in [1.54, 1.807) is 0 Å². The molecule has 0 saturated carbocycles. The fourth-order valence-electron chi connectivity index (χ4n) is 2.51. The second-order valence-electron chi connectivity index (χ2n) is 4.94. The van der Waals surface area contributed by atoms with Crippen LogP contribution in [0.15, 0.2) is 12.4 Å². The zero-order chi connectivity index (χ0) is 13.0. The van der Waals surface area contributed by atoms with E-state index in [1.807, 2.05) is 24.1 Å². The van der Waals surface area contributed by atoms with Crippen LogP contribution in [0.2, 0.25) is 0 Å². The number of carbonyl (C=O) groups is 1. The molecule has 0 amide bonds. The van der Waals surface area contributed by atoms with Crippen molar-refractivity contribution in [3.63, 3.8) is 0 Å². The Hall–Kier alpha value is -1.36. The quantitative estimate of drug-likeness (QED) is 0.744. The van der Waals surface area contributed by atoms with Crippen LogP contribution in [0.3, 0.4) is 0 Å². The lowest BCUT2D eigenvalue weighted by molar-refractivity contribution is -0.147. The molecule has 1 atom stereocenters. The predicted molar refractivity (Wildman–Crippen MR) is 68.1 cm³/mol. The molecule has 1 aliphatic rings. The number of aromatic nitrogens is 2. The van der Waals surface area contributed by atoms with Crippen molar-refractivity contribution in [3.8, 4) is 0 Å². The number of carbonyl (C=O) groups excluding carboxylic acids is 1. The molecule has 5 nitrogen and oxygen atoms in total. The Morgan fingerprint density at radius 1 is 1.61 bits per heavy atom. The number of esters is 1. The van der Waals surface area contributed by atoms with Crippen LogP contribution in [0, 0.1) is 5.92 Å². The summed E-state index contributed by atoms with van der Waals surface area (Å²) < 4.78 is 6.65. The lowest BCUT2D eigenvalue weighted by Gasteiger charge is -2.31. The molecule has 5 heteroatoms. The monoisotopic (exact) mass is 251 g/mol. The number of ether oxygens (including phenoxy) is 1. The highest BCUT2D eigenvalue weighted by Crippen LogP contribution is 2.17. The maximum absolute atomic E-state index is 11.5. The van der Waals surface area contributed by atoms with Crippen LogP contribution in [0.1, 0.15) is 18.4 Å². The second-order valence-corrected chi connectivity index (χ2v) is 4.94. The third-order valence-corrected chi connectivity index (χ3v) is 3.52. The highest BCUT2D eigenvalue weighted by atomic mass is 16.5. The van der Waals surface area contributed by atoms with Gasteiger partial charge >= 0.3 is 5.97 Å². The van der Waals surface area contributed by atoms with Gasteiger partial charge in [-0.3, -0.25) is 9.48 Å². The lowest BCUT2D eigenvalue weighted by atomic mass is 9.98. The molecule has 0 bridgehead atoms. The summed E-state index contributed by atoms with van der Waals surface area (Å²) in [5.74, 6) is -0.0151. The van der Waals surface area contributed by atoms with Crippen molar-refractivity contribution in [2.24, 2.45) is 13.0 Å². The van der Waals surface area contributed by atoms with Crippen molar-refractivity contribution < 1.29 is 9.53 Å². The average Bonchev–Trinajstić information content (AvgIpc) is 2.81. The van der Waals surface area contributed by atoms with Crippen LogP contribution < -0.4 is 0 Å². The van der Waals surface area contributed by atoms with Crippen LogP contribution in [0.5, 0.6) is 0 Å². The van der Waals surface area contributed by atoms with Crippen molar-refractivity contribution in [1.29, 1.82) is 0 Å². The van der Waals surface area contributed by atoms with E-state index < -0.39 is 0 Å². The first kappa shape index (κ1) is 13.1. The Labute approximate surface area is 108 Å². The number of hydrogen-bond donors (Lipinski definition) is 0. The number of hydrogen-bond acceptors (Lipinski definition) is 4.